The molecular weight excluding hydrogens is 561 g/mol. The Bertz CT molecular complexity index is 1640. The summed E-state index contributed by atoms with van der Waals surface area (Å²) in [6.07, 6.45) is 1.20. The van der Waals surface area contributed by atoms with Crippen LogP contribution in [0.3, 0.4) is 0 Å². The van der Waals surface area contributed by atoms with Gasteiger partial charge in [-0.05, 0) is 57.9 Å². The number of nitrogens with zero attached hydrogens (tertiary/aromatic N) is 5. The molecule has 0 N–H and O–H groups in total. The molecule has 0 atom stereocenters. The molecule has 4 heterocycles. The molecule has 39 heavy (non-hydrogen) atoms. The monoisotopic (exact) mass is 587 g/mol. The molecule has 0 aliphatic carbocycles. The van der Waals surface area contributed by atoms with Gasteiger partial charge in [0.05, 0.1) is 45.9 Å². The Morgan fingerprint density at radius 1 is 1.13 bits per heavy atom. The van der Waals surface area contributed by atoms with Crippen LogP contribution in [-0.4, -0.2) is 55.6 Å². The van der Waals surface area contributed by atoms with Gasteiger partial charge in [0.25, 0.3) is 5.56 Å². The predicted octanol–water partition coefficient (Wildman–Crippen LogP) is 4.88. The number of piperidine rings is 1. The first-order valence-corrected chi connectivity index (χ1v) is 14.3. The zero-order chi connectivity index (χ0) is 27.8. The Hall–Kier alpha value is -3.21. The van der Waals surface area contributed by atoms with Crippen LogP contribution in [0.15, 0.2) is 34.4 Å². The second kappa shape index (κ2) is 11.1. The number of thiazole rings is 1. The molecule has 4 aromatic rings. The summed E-state index contributed by atoms with van der Waals surface area (Å²) in [7, 11) is 0. The number of halogens is 2. The molecule has 1 fully saturated rings. The van der Waals surface area contributed by atoms with E-state index in [1.165, 1.54) is 15.7 Å². The molecule has 1 amide bonds. The number of hydrogen-bond donors (Lipinski definition) is 0. The molecule has 12 heteroatoms. The van der Waals surface area contributed by atoms with Gasteiger partial charge in [-0.25, -0.2) is 9.67 Å². The van der Waals surface area contributed by atoms with Crippen LogP contribution in [0.2, 0.25) is 10.0 Å². The summed E-state index contributed by atoms with van der Waals surface area (Å²) in [5.41, 5.74) is 3.23. The van der Waals surface area contributed by atoms with Crippen molar-refractivity contribution < 1.29 is 14.3 Å². The number of ether oxygens (including phenoxy) is 1. The first kappa shape index (κ1) is 27.4. The minimum Gasteiger partial charge on any atom is -0.466 e. The number of esters is 1. The molecule has 1 aliphatic rings. The number of amides is 1. The Morgan fingerprint density at radius 2 is 1.87 bits per heavy atom. The van der Waals surface area contributed by atoms with Crippen molar-refractivity contribution in [2.24, 2.45) is 5.92 Å². The van der Waals surface area contributed by atoms with E-state index in [4.69, 9.17) is 27.9 Å². The van der Waals surface area contributed by atoms with Crippen molar-refractivity contribution in [3.05, 3.63) is 67.1 Å². The van der Waals surface area contributed by atoms with Gasteiger partial charge >= 0.3 is 5.97 Å². The number of likely N-dealkylation sites (tertiary alicyclic amines) is 1. The quantitative estimate of drug-likeness (QED) is 0.298. The second-order valence-electron chi connectivity index (χ2n) is 9.49. The lowest BCUT2D eigenvalue weighted by molar-refractivity contribution is -0.151. The van der Waals surface area contributed by atoms with Crippen molar-refractivity contribution in [1.29, 1.82) is 0 Å². The van der Waals surface area contributed by atoms with E-state index in [1.807, 2.05) is 13.0 Å². The smallest absolute Gasteiger partial charge is 0.309 e. The molecule has 0 unspecified atom stereocenters. The van der Waals surface area contributed by atoms with Crippen LogP contribution in [0, 0.1) is 19.8 Å². The number of carbonyl (C=O) groups excluding carboxylic acids is 2. The third kappa shape index (κ3) is 5.33. The van der Waals surface area contributed by atoms with E-state index in [2.05, 4.69) is 10.1 Å². The minimum absolute atomic E-state index is 0.0604. The Morgan fingerprint density at radius 3 is 2.56 bits per heavy atom. The average Bonchev–Trinajstić information content (AvgIpc) is 3.49. The first-order chi connectivity index (χ1) is 18.7. The molecule has 1 aliphatic heterocycles. The molecule has 9 nitrogen and oxygen atoms in total. The minimum atomic E-state index is -0.277. The Kier molecular flexibility index (Phi) is 7.80. The predicted molar refractivity (Wildman–Crippen MR) is 151 cm³/mol. The summed E-state index contributed by atoms with van der Waals surface area (Å²) >= 11 is 13.6. The summed E-state index contributed by atoms with van der Waals surface area (Å²) in [4.78, 5) is 45.9. The van der Waals surface area contributed by atoms with Gasteiger partial charge in [-0.15, -0.1) is 11.3 Å². The van der Waals surface area contributed by atoms with E-state index in [0.29, 0.717) is 75.9 Å². The number of aryl methyl sites for hydroxylation is 2. The van der Waals surface area contributed by atoms with Crippen molar-refractivity contribution in [1.82, 2.24) is 24.1 Å². The molecule has 0 radical (unpaired) electrons. The van der Waals surface area contributed by atoms with Gasteiger partial charge in [-0.3, -0.25) is 18.8 Å². The number of benzene rings is 1. The van der Waals surface area contributed by atoms with Crippen molar-refractivity contribution >= 4 is 51.4 Å². The molecule has 0 saturated carbocycles. The lowest BCUT2D eigenvalue weighted by Gasteiger charge is -2.30. The van der Waals surface area contributed by atoms with E-state index in [1.54, 1.807) is 47.0 Å². The third-order valence-electron chi connectivity index (χ3n) is 6.91. The van der Waals surface area contributed by atoms with Gasteiger partial charge in [0.1, 0.15) is 5.69 Å². The fraction of sp³-hybridized carbons (Fsp3) is 0.370. The SMILES string of the molecule is CCOC(=O)C1CCN(C(=O)Cc2csc3nc(C)c(-c4cc(C)n(-c5ccc(Cl)c(Cl)c5)n4)c(=O)n23)CC1. The summed E-state index contributed by atoms with van der Waals surface area (Å²) < 4.78 is 8.32. The highest BCUT2D eigenvalue weighted by Crippen LogP contribution is 2.28. The zero-order valence-corrected chi connectivity index (χ0v) is 24.1. The summed E-state index contributed by atoms with van der Waals surface area (Å²) in [6, 6.07) is 7.04. The van der Waals surface area contributed by atoms with Gasteiger partial charge in [0.2, 0.25) is 5.91 Å². The molecule has 1 aromatic carbocycles. The number of fused-ring (bicyclic) bond motifs is 1. The summed E-state index contributed by atoms with van der Waals surface area (Å²) in [6.45, 7) is 6.76. The normalized spacial score (nSPS) is 14.2. The summed E-state index contributed by atoms with van der Waals surface area (Å²) in [5.74, 6) is -0.475. The number of aromatic nitrogens is 4. The number of carbonyl (C=O) groups is 2. The van der Waals surface area contributed by atoms with Crippen LogP contribution in [0.1, 0.15) is 36.8 Å². The van der Waals surface area contributed by atoms with Gasteiger partial charge in [-0.2, -0.15) is 5.10 Å². The lowest BCUT2D eigenvalue weighted by atomic mass is 9.97. The third-order valence-corrected chi connectivity index (χ3v) is 8.53. The average molecular weight is 589 g/mol. The van der Waals surface area contributed by atoms with E-state index < -0.39 is 0 Å². The zero-order valence-electron chi connectivity index (χ0n) is 21.7. The molecule has 1 saturated heterocycles. The van der Waals surface area contributed by atoms with Crippen LogP contribution < -0.4 is 5.56 Å². The molecule has 5 rings (SSSR count). The van der Waals surface area contributed by atoms with E-state index in [9.17, 15) is 14.4 Å². The Labute approximate surface area is 238 Å². The van der Waals surface area contributed by atoms with E-state index in [0.717, 1.165) is 5.69 Å². The van der Waals surface area contributed by atoms with E-state index >= 15 is 0 Å². The van der Waals surface area contributed by atoms with Crippen molar-refractivity contribution in [2.75, 3.05) is 19.7 Å². The maximum absolute atomic E-state index is 13.8. The van der Waals surface area contributed by atoms with Gasteiger partial charge in [-0.1, -0.05) is 23.2 Å². The topological polar surface area (TPSA) is 98.8 Å². The standard InChI is InChI=1S/C27H27Cl2N5O4S/c1-4-38-26(37)17-7-9-32(10-8-17)23(35)13-19-14-39-27-30-16(3)24(25(36)33(19)27)22-11-15(2)34(31-22)18-5-6-20(28)21(29)12-18/h5-6,11-12,14,17H,4,7-10,13H2,1-3H3. The fourth-order valence-electron chi connectivity index (χ4n) is 4.89. The van der Waals surface area contributed by atoms with Gasteiger partial charge in [0.15, 0.2) is 4.96 Å². The first-order valence-electron chi connectivity index (χ1n) is 12.6. The van der Waals surface area contributed by atoms with Crippen molar-refractivity contribution in [2.45, 2.75) is 40.0 Å². The second-order valence-corrected chi connectivity index (χ2v) is 11.1. The number of hydrogen-bond acceptors (Lipinski definition) is 7. The highest BCUT2D eigenvalue weighted by molar-refractivity contribution is 7.15. The molecule has 3 aromatic heterocycles. The fourth-order valence-corrected chi connectivity index (χ4v) is 6.11. The van der Waals surface area contributed by atoms with Gasteiger partial charge < -0.3 is 9.64 Å². The van der Waals surface area contributed by atoms with Crippen molar-refractivity contribution in [3.8, 4) is 16.9 Å². The molecule has 0 spiro atoms. The summed E-state index contributed by atoms with van der Waals surface area (Å²) in [5, 5.41) is 7.33. The van der Waals surface area contributed by atoms with Crippen LogP contribution in [0.5, 0.6) is 0 Å². The van der Waals surface area contributed by atoms with Gasteiger partial charge in [0, 0.05) is 29.9 Å². The van der Waals surface area contributed by atoms with Crippen LogP contribution in [0.25, 0.3) is 21.9 Å². The maximum atomic E-state index is 13.8. The van der Waals surface area contributed by atoms with Crippen LogP contribution >= 0.6 is 34.5 Å². The van der Waals surface area contributed by atoms with Crippen LogP contribution in [-0.2, 0) is 20.7 Å². The lowest BCUT2D eigenvalue weighted by Crippen LogP contribution is -2.41. The molecule has 0 bridgehead atoms. The van der Waals surface area contributed by atoms with E-state index in [-0.39, 0.29) is 29.8 Å². The number of rotatable bonds is 6. The highest BCUT2D eigenvalue weighted by Gasteiger charge is 2.29. The molecular formula is C27H27Cl2N5O4S. The Balaban J connectivity index is 1.42. The molecule has 204 valence electrons. The highest BCUT2D eigenvalue weighted by atomic mass is 35.5. The van der Waals surface area contributed by atoms with Crippen molar-refractivity contribution in [3.63, 3.8) is 0 Å². The maximum Gasteiger partial charge on any atom is 0.309 e. The van der Waals surface area contributed by atoms with Crippen LogP contribution in [0.4, 0.5) is 0 Å². The largest absolute Gasteiger partial charge is 0.466 e.